The zero-order valence-corrected chi connectivity index (χ0v) is 8.68. The van der Waals surface area contributed by atoms with Crippen LogP contribution in [0.25, 0.3) is 0 Å². The first kappa shape index (κ1) is 9.66. The van der Waals surface area contributed by atoms with Gasteiger partial charge in [0.25, 0.3) is 0 Å². The molecule has 2 rings (SSSR count). The van der Waals surface area contributed by atoms with Crippen LogP contribution in [0.2, 0.25) is 0 Å². The summed E-state index contributed by atoms with van der Waals surface area (Å²) in [6.07, 6.45) is -0.0658. The number of rotatable bonds is 1. The van der Waals surface area contributed by atoms with Crippen molar-refractivity contribution in [3.63, 3.8) is 0 Å². The normalized spacial score (nSPS) is 26.8. The molecule has 2 unspecified atom stereocenters. The van der Waals surface area contributed by atoms with E-state index in [4.69, 9.17) is 0 Å². The number of halogens is 1. The molecule has 2 heteroatoms. The van der Waals surface area contributed by atoms with Crippen LogP contribution in [0, 0.1) is 13.8 Å². The van der Waals surface area contributed by atoms with Gasteiger partial charge in [-0.15, -0.1) is 0 Å². The third kappa shape index (κ3) is 1.95. The minimum absolute atomic E-state index is 0.212. The first-order valence-corrected chi connectivity index (χ1v) is 5.11. The molecule has 2 atom stereocenters. The topological polar surface area (TPSA) is 12.0 Å². The summed E-state index contributed by atoms with van der Waals surface area (Å²) in [6.45, 7) is 4.66. The number of aryl methyl sites for hydroxylation is 2. The second kappa shape index (κ2) is 3.70. The SMILES string of the molecule is Cc1cc(C)cc(C2CC(F)CN2)c1. The Balaban J connectivity index is 2.23. The van der Waals surface area contributed by atoms with Gasteiger partial charge in [-0.3, -0.25) is 0 Å². The van der Waals surface area contributed by atoms with Crippen LogP contribution in [-0.4, -0.2) is 12.7 Å². The van der Waals surface area contributed by atoms with Gasteiger partial charge < -0.3 is 5.32 Å². The van der Waals surface area contributed by atoms with Gasteiger partial charge >= 0.3 is 0 Å². The summed E-state index contributed by atoms with van der Waals surface area (Å²) < 4.78 is 13.0. The number of benzene rings is 1. The van der Waals surface area contributed by atoms with Crippen molar-refractivity contribution in [2.24, 2.45) is 0 Å². The lowest BCUT2D eigenvalue weighted by molar-refractivity contribution is 0.356. The quantitative estimate of drug-likeness (QED) is 0.723. The first-order chi connectivity index (χ1) is 6.65. The Labute approximate surface area is 84.3 Å². The van der Waals surface area contributed by atoms with Gasteiger partial charge in [-0.05, 0) is 25.8 Å². The van der Waals surface area contributed by atoms with Crippen LogP contribution in [0.15, 0.2) is 18.2 Å². The van der Waals surface area contributed by atoms with Crippen molar-refractivity contribution in [3.05, 3.63) is 34.9 Å². The highest BCUT2D eigenvalue weighted by atomic mass is 19.1. The lowest BCUT2D eigenvalue weighted by Crippen LogP contribution is -2.14. The van der Waals surface area contributed by atoms with Gasteiger partial charge in [-0.2, -0.15) is 0 Å². The average molecular weight is 193 g/mol. The van der Waals surface area contributed by atoms with E-state index in [1.54, 1.807) is 0 Å². The molecular formula is C12H16FN. The summed E-state index contributed by atoms with van der Waals surface area (Å²) in [5.41, 5.74) is 3.73. The zero-order valence-electron chi connectivity index (χ0n) is 8.68. The Kier molecular flexibility index (Phi) is 2.55. The van der Waals surface area contributed by atoms with Crippen molar-refractivity contribution in [1.29, 1.82) is 0 Å². The van der Waals surface area contributed by atoms with Crippen molar-refractivity contribution >= 4 is 0 Å². The van der Waals surface area contributed by atoms with E-state index in [1.165, 1.54) is 16.7 Å². The highest BCUT2D eigenvalue weighted by Crippen LogP contribution is 2.26. The van der Waals surface area contributed by atoms with Crippen LogP contribution in [0.3, 0.4) is 0 Å². The fourth-order valence-corrected chi connectivity index (χ4v) is 2.16. The van der Waals surface area contributed by atoms with E-state index in [0.29, 0.717) is 13.0 Å². The van der Waals surface area contributed by atoms with Crippen LogP contribution in [0.5, 0.6) is 0 Å². The van der Waals surface area contributed by atoms with Crippen molar-refractivity contribution in [2.75, 3.05) is 6.54 Å². The summed E-state index contributed by atoms with van der Waals surface area (Å²) in [4.78, 5) is 0. The van der Waals surface area contributed by atoms with E-state index in [1.807, 2.05) is 0 Å². The van der Waals surface area contributed by atoms with Crippen LogP contribution < -0.4 is 5.32 Å². The fourth-order valence-electron chi connectivity index (χ4n) is 2.16. The molecular weight excluding hydrogens is 177 g/mol. The molecule has 1 fully saturated rings. The molecule has 1 aromatic carbocycles. The molecule has 1 aromatic rings. The van der Waals surface area contributed by atoms with Gasteiger partial charge in [-0.1, -0.05) is 29.3 Å². The number of hydrogen-bond donors (Lipinski definition) is 1. The predicted molar refractivity (Wildman–Crippen MR) is 56.2 cm³/mol. The highest BCUT2D eigenvalue weighted by Gasteiger charge is 2.24. The largest absolute Gasteiger partial charge is 0.307 e. The third-order valence-electron chi connectivity index (χ3n) is 2.72. The molecule has 0 aliphatic carbocycles. The van der Waals surface area contributed by atoms with Gasteiger partial charge in [0.1, 0.15) is 6.17 Å². The van der Waals surface area contributed by atoms with Gasteiger partial charge in [-0.25, -0.2) is 4.39 Å². The van der Waals surface area contributed by atoms with E-state index in [0.717, 1.165) is 0 Å². The maximum absolute atomic E-state index is 13.0. The van der Waals surface area contributed by atoms with Gasteiger partial charge in [0.15, 0.2) is 0 Å². The number of alkyl halides is 1. The maximum Gasteiger partial charge on any atom is 0.114 e. The van der Waals surface area contributed by atoms with E-state index < -0.39 is 6.17 Å². The Hall–Kier alpha value is -0.890. The molecule has 1 heterocycles. The number of nitrogens with one attached hydrogen (secondary N) is 1. The summed E-state index contributed by atoms with van der Waals surface area (Å²) in [6, 6.07) is 6.64. The monoisotopic (exact) mass is 193 g/mol. The highest BCUT2D eigenvalue weighted by molar-refractivity contribution is 5.31. The number of hydrogen-bond acceptors (Lipinski definition) is 1. The molecule has 0 aromatic heterocycles. The second-order valence-electron chi connectivity index (χ2n) is 4.21. The van der Waals surface area contributed by atoms with Crippen LogP contribution in [0.4, 0.5) is 4.39 Å². The van der Waals surface area contributed by atoms with E-state index in [9.17, 15) is 4.39 Å². The lowest BCUT2D eigenvalue weighted by atomic mass is 10.0. The molecule has 76 valence electrons. The Morgan fingerprint density at radius 2 is 1.86 bits per heavy atom. The van der Waals surface area contributed by atoms with Gasteiger partial charge in [0.05, 0.1) is 0 Å². The Morgan fingerprint density at radius 3 is 2.36 bits per heavy atom. The van der Waals surface area contributed by atoms with Crippen molar-refractivity contribution in [3.8, 4) is 0 Å². The molecule has 0 bridgehead atoms. The molecule has 1 nitrogen and oxygen atoms in total. The predicted octanol–water partition coefficient (Wildman–Crippen LogP) is 2.68. The average Bonchev–Trinajstić information content (AvgIpc) is 2.50. The minimum atomic E-state index is -0.680. The molecule has 1 aliphatic heterocycles. The summed E-state index contributed by atoms with van der Waals surface area (Å²) in [7, 11) is 0. The van der Waals surface area contributed by atoms with Gasteiger partial charge in [0.2, 0.25) is 0 Å². The molecule has 0 amide bonds. The van der Waals surface area contributed by atoms with E-state index >= 15 is 0 Å². The smallest absolute Gasteiger partial charge is 0.114 e. The Morgan fingerprint density at radius 1 is 1.21 bits per heavy atom. The summed E-state index contributed by atoms with van der Waals surface area (Å²) in [5.74, 6) is 0. The fraction of sp³-hybridized carbons (Fsp3) is 0.500. The van der Waals surface area contributed by atoms with Crippen molar-refractivity contribution < 1.29 is 4.39 Å². The van der Waals surface area contributed by atoms with Gasteiger partial charge in [0, 0.05) is 12.6 Å². The van der Waals surface area contributed by atoms with Crippen LogP contribution in [0.1, 0.15) is 29.2 Å². The molecule has 0 radical (unpaired) electrons. The van der Waals surface area contributed by atoms with Crippen LogP contribution >= 0.6 is 0 Å². The maximum atomic E-state index is 13.0. The summed E-state index contributed by atoms with van der Waals surface area (Å²) in [5, 5.41) is 3.20. The van der Waals surface area contributed by atoms with Crippen molar-refractivity contribution in [2.45, 2.75) is 32.5 Å². The first-order valence-electron chi connectivity index (χ1n) is 5.11. The molecule has 0 spiro atoms. The molecule has 14 heavy (non-hydrogen) atoms. The Bertz CT molecular complexity index is 315. The molecule has 1 N–H and O–H groups in total. The lowest BCUT2D eigenvalue weighted by Gasteiger charge is -2.12. The van der Waals surface area contributed by atoms with E-state index in [2.05, 4.69) is 37.4 Å². The molecule has 1 saturated heterocycles. The standard InChI is InChI=1S/C12H16FN/c1-8-3-9(2)5-10(4-8)12-6-11(13)7-14-12/h3-5,11-12,14H,6-7H2,1-2H3. The van der Waals surface area contributed by atoms with Crippen LogP contribution in [-0.2, 0) is 0 Å². The minimum Gasteiger partial charge on any atom is -0.307 e. The van der Waals surface area contributed by atoms with Crippen molar-refractivity contribution in [1.82, 2.24) is 5.32 Å². The zero-order chi connectivity index (χ0) is 10.1. The summed E-state index contributed by atoms with van der Waals surface area (Å²) >= 11 is 0. The third-order valence-corrected chi connectivity index (χ3v) is 2.72. The molecule has 0 saturated carbocycles. The molecule has 1 aliphatic rings. The van der Waals surface area contributed by atoms with E-state index in [-0.39, 0.29) is 6.04 Å². The second-order valence-corrected chi connectivity index (χ2v) is 4.21.